The van der Waals surface area contributed by atoms with E-state index in [4.69, 9.17) is 16.3 Å². The zero-order valence-electron chi connectivity index (χ0n) is 16.4. The van der Waals surface area contributed by atoms with E-state index in [1.54, 1.807) is 22.7 Å². The lowest BCUT2D eigenvalue weighted by Gasteiger charge is -2.31. The van der Waals surface area contributed by atoms with E-state index in [1.807, 2.05) is 24.3 Å². The fraction of sp³-hybridized carbons (Fsp3) is 0.476. The van der Waals surface area contributed by atoms with Gasteiger partial charge in [0.1, 0.15) is 0 Å². The molecule has 0 aliphatic carbocycles. The predicted octanol–water partition coefficient (Wildman–Crippen LogP) is 3.89. The summed E-state index contributed by atoms with van der Waals surface area (Å²) in [6.45, 7) is 5.26. The summed E-state index contributed by atoms with van der Waals surface area (Å²) in [7, 11) is 0. The number of halogens is 1. The molecule has 1 fully saturated rings. The van der Waals surface area contributed by atoms with Crippen LogP contribution in [0, 0.1) is 5.92 Å². The van der Waals surface area contributed by atoms with E-state index in [9.17, 15) is 9.59 Å². The minimum absolute atomic E-state index is 0.0780. The summed E-state index contributed by atoms with van der Waals surface area (Å²) in [6.07, 6.45) is 4.79. The molecule has 1 amide bonds. The van der Waals surface area contributed by atoms with Gasteiger partial charge in [-0.25, -0.2) is 4.68 Å². The molecule has 6 nitrogen and oxygen atoms in total. The van der Waals surface area contributed by atoms with E-state index in [0.717, 1.165) is 37.1 Å². The second-order valence-electron chi connectivity index (χ2n) is 6.99. The van der Waals surface area contributed by atoms with Gasteiger partial charge >= 0.3 is 5.97 Å². The van der Waals surface area contributed by atoms with Crippen molar-refractivity contribution in [2.45, 2.75) is 39.5 Å². The second-order valence-corrected chi connectivity index (χ2v) is 7.43. The lowest BCUT2D eigenvalue weighted by atomic mass is 9.97. The maximum atomic E-state index is 13.2. The number of carbonyl (C=O) groups is 2. The molecule has 1 aliphatic rings. The number of carbonyl (C=O) groups excluding carboxylic acids is 2. The normalized spacial score (nSPS) is 16.8. The first kappa shape index (κ1) is 20.4. The van der Waals surface area contributed by atoms with E-state index >= 15 is 0 Å². The van der Waals surface area contributed by atoms with Crippen molar-refractivity contribution in [2.75, 3.05) is 19.7 Å². The minimum Gasteiger partial charge on any atom is -0.466 e. The highest BCUT2D eigenvalue weighted by Crippen LogP contribution is 2.24. The summed E-state index contributed by atoms with van der Waals surface area (Å²) in [5.41, 5.74) is 2.29. The number of benzene rings is 1. The number of esters is 1. The van der Waals surface area contributed by atoms with Gasteiger partial charge in [-0.15, -0.1) is 0 Å². The van der Waals surface area contributed by atoms with Gasteiger partial charge in [-0.05, 0) is 44.4 Å². The molecule has 1 aromatic heterocycles. The van der Waals surface area contributed by atoms with Gasteiger partial charge < -0.3 is 9.64 Å². The lowest BCUT2D eigenvalue weighted by Crippen LogP contribution is -2.43. The van der Waals surface area contributed by atoms with Crippen molar-refractivity contribution in [1.29, 1.82) is 0 Å². The third-order valence-electron chi connectivity index (χ3n) is 4.97. The number of rotatable bonds is 6. The summed E-state index contributed by atoms with van der Waals surface area (Å²) in [5, 5.41) is 5.09. The lowest BCUT2D eigenvalue weighted by molar-refractivity contribution is -0.149. The molecule has 1 saturated heterocycles. The van der Waals surface area contributed by atoms with E-state index < -0.39 is 0 Å². The molecular weight excluding hydrogens is 378 g/mol. The van der Waals surface area contributed by atoms with Gasteiger partial charge in [0.2, 0.25) is 0 Å². The molecular formula is C21H26ClN3O3. The molecule has 0 saturated carbocycles. The van der Waals surface area contributed by atoms with Crippen molar-refractivity contribution in [1.82, 2.24) is 14.7 Å². The number of hydrogen-bond donors (Lipinski definition) is 0. The summed E-state index contributed by atoms with van der Waals surface area (Å²) >= 11 is 6.13. The minimum atomic E-state index is -0.254. The number of piperidine rings is 1. The van der Waals surface area contributed by atoms with Crippen molar-refractivity contribution in [3.63, 3.8) is 0 Å². The molecule has 2 heterocycles. The Kier molecular flexibility index (Phi) is 6.73. The summed E-state index contributed by atoms with van der Waals surface area (Å²) in [6, 6.07) is 7.43. The number of amides is 1. The molecule has 150 valence electrons. The molecule has 0 spiro atoms. The SMILES string of the molecule is CCCc1c(C(=O)N2CCC[C@@H](C(=O)OCC)C2)cnn1-c1cccc(Cl)c1. The van der Waals surface area contributed by atoms with Crippen LogP contribution in [0.3, 0.4) is 0 Å². The van der Waals surface area contributed by atoms with E-state index in [-0.39, 0.29) is 17.8 Å². The molecule has 1 atom stereocenters. The van der Waals surface area contributed by atoms with Crippen LogP contribution >= 0.6 is 11.6 Å². The van der Waals surface area contributed by atoms with Crippen LogP contribution in [-0.2, 0) is 16.0 Å². The van der Waals surface area contributed by atoms with E-state index in [2.05, 4.69) is 12.0 Å². The number of nitrogens with zero attached hydrogens (tertiary/aromatic N) is 3. The zero-order valence-corrected chi connectivity index (χ0v) is 17.1. The Hall–Kier alpha value is -2.34. The molecule has 3 rings (SSSR count). The van der Waals surface area contributed by atoms with Gasteiger partial charge in [-0.2, -0.15) is 5.10 Å². The van der Waals surface area contributed by atoms with Crippen molar-refractivity contribution in [3.8, 4) is 5.69 Å². The smallest absolute Gasteiger partial charge is 0.310 e. The fourth-order valence-electron chi connectivity index (χ4n) is 3.64. The van der Waals surface area contributed by atoms with Crippen LogP contribution < -0.4 is 0 Å². The third kappa shape index (κ3) is 4.38. The maximum Gasteiger partial charge on any atom is 0.310 e. The Morgan fingerprint density at radius 1 is 1.32 bits per heavy atom. The first-order chi connectivity index (χ1) is 13.5. The predicted molar refractivity (Wildman–Crippen MR) is 108 cm³/mol. The molecule has 1 aromatic carbocycles. The monoisotopic (exact) mass is 403 g/mol. The van der Waals surface area contributed by atoms with Gasteiger partial charge in [0.25, 0.3) is 5.91 Å². The Bertz CT molecular complexity index is 849. The maximum absolute atomic E-state index is 13.2. The van der Waals surface area contributed by atoms with Crippen LogP contribution in [0.15, 0.2) is 30.5 Å². The number of hydrogen-bond acceptors (Lipinski definition) is 4. The van der Waals surface area contributed by atoms with Crippen molar-refractivity contribution < 1.29 is 14.3 Å². The topological polar surface area (TPSA) is 64.4 Å². The largest absolute Gasteiger partial charge is 0.466 e. The molecule has 1 aliphatic heterocycles. The first-order valence-electron chi connectivity index (χ1n) is 9.83. The van der Waals surface area contributed by atoms with E-state index in [1.165, 1.54) is 0 Å². The highest BCUT2D eigenvalue weighted by atomic mass is 35.5. The van der Waals surface area contributed by atoms with Crippen LogP contribution in [0.2, 0.25) is 5.02 Å². The molecule has 0 unspecified atom stereocenters. The van der Waals surface area contributed by atoms with Crippen molar-refractivity contribution in [3.05, 3.63) is 46.7 Å². The van der Waals surface area contributed by atoms with Gasteiger partial charge in [0.05, 0.1) is 35.7 Å². The molecule has 0 bridgehead atoms. The summed E-state index contributed by atoms with van der Waals surface area (Å²) in [4.78, 5) is 27.1. The van der Waals surface area contributed by atoms with Gasteiger partial charge in [-0.1, -0.05) is 31.0 Å². The number of aromatic nitrogens is 2. The van der Waals surface area contributed by atoms with Gasteiger partial charge in [-0.3, -0.25) is 9.59 Å². The summed E-state index contributed by atoms with van der Waals surface area (Å²) < 4.78 is 6.93. The molecule has 0 radical (unpaired) electrons. The number of ether oxygens (including phenoxy) is 1. The van der Waals surface area contributed by atoms with Gasteiger partial charge in [0.15, 0.2) is 0 Å². The van der Waals surface area contributed by atoms with Crippen LogP contribution in [0.1, 0.15) is 49.2 Å². The van der Waals surface area contributed by atoms with Crippen LogP contribution in [0.25, 0.3) is 5.69 Å². The van der Waals surface area contributed by atoms with E-state index in [0.29, 0.717) is 30.3 Å². The molecule has 0 N–H and O–H groups in total. The molecule has 28 heavy (non-hydrogen) atoms. The highest BCUT2D eigenvalue weighted by Gasteiger charge is 2.31. The fourth-order valence-corrected chi connectivity index (χ4v) is 3.83. The highest BCUT2D eigenvalue weighted by molar-refractivity contribution is 6.30. The first-order valence-corrected chi connectivity index (χ1v) is 10.2. The standard InChI is InChI=1S/C21H26ClN3O3/c1-3-7-19-18(13-23-25(19)17-10-5-9-16(22)12-17)20(26)24-11-6-8-15(14-24)21(27)28-4-2/h5,9-10,12-13,15H,3-4,6-8,11,14H2,1-2H3/t15-/m1/s1. The average Bonchev–Trinajstić information content (AvgIpc) is 3.11. The van der Waals surface area contributed by atoms with Crippen molar-refractivity contribution >= 4 is 23.5 Å². The molecule has 7 heteroatoms. The quantitative estimate of drug-likeness (QED) is 0.686. The van der Waals surface area contributed by atoms with Crippen LogP contribution in [0.5, 0.6) is 0 Å². The third-order valence-corrected chi connectivity index (χ3v) is 5.20. The Balaban J connectivity index is 1.86. The number of likely N-dealkylation sites (tertiary alicyclic amines) is 1. The molecule has 2 aromatic rings. The van der Waals surface area contributed by atoms with Gasteiger partial charge in [0, 0.05) is 18.1 Å². The summed E-state index contributed by atoms with van der Waals surface area (Å²) in [5.74, 6) is -0.551. The zero-order chi connectivity index (χ0) is 20.1. The Morgan fingerprint density at radius 2 is 2.14 bits per heavy atom. The van der Waals surface area contributed by atoms with Crippen LogP contribution in [-0.4, -0.2) is 46.3 Å². The van der Waals surface area contributed by atoms with Crippen molar-refractivity contribution in [2.24, 2.45) is 5.92 Å². The Morgan fingerprint density at radius 3 is 2.86 bits per heavy atom. The van der Waals surface area contributed by atoms with Crippen LogP contribution in [0.4, 0.5) is 0 Å². The Labute approximate surface area is 170 Å². The average molecular weight is 404 g/mol. The second kappa shape index (κ2) is 9.24.